The van der Waals surface area contributed by atoms with E-state index in [2.05, 4.69) is 5.32 Å². The molecule has 116 valence electrons. The molecule has 6 nitrogen and oxygen atoms in total. The van der Waals surface area contributed by atoms with E-state index in [4.69, 9.17) is 14.2 Å². The number of rotatable bonds is 7. The fourth-order valence-corrected chi connectivity index (χ4v) is 1.68. The van der Waals surface area contributed by atoms with Crippen molar-refractivity contribution in [3.8, 4) is 0 Å². The Morgan fingerprint density at radius 2 is 1.90 bits per heavy atom. The topological polar surface area (TPSA) is 73.9 Å². The van der Waals surface area contributed by atoms with Gasteiger partial charge in [0.25, 0.3) is 0 Å². The van der Waals surface area contributed by atoms with Gasteiger partial charge >= 0.3 is 12.1 Å². The Bertz CT molecular complexity index is 449. The SMILES string of the molecule is CCOC(NC(=O)OCc1ccccc1)C(C)OC(C)=O. The van der Waals surface area contributed by atoms with Gasteiger partial charge in [-0.1, -0.05) is 30.3 Å². The molecule has 6 heteroatoms. The van der Waals surface area contributed by atoms with Crippen molar-refractivity contribution in [3.05, 3.63) is 35.9 Å². The summed E-state index contributed by atoms with van der Waals surface area (Å²) in [6.45, 7) is 5.25. The molecule has 2 unspecified atom stereocenters. The molecule has 1 N–H and O–H groups in total. The molecule has 1 aromatic rings. The number of amides is 1. The largest absolute Gasteiger partial charge is 0.458 e. The molecule has 0 aliphatic heterocycles. The maximum atomic E-state index is 11.7. The van der Waals surface area contributed by atoms with Gasteiger partial charge < -0.3 is 14.2 Å². The number of carbonyl (C=O) groups is 2. The zero-order valence-corrected chi connectivity index (χ0v) is 12.5. The summed E-state index contributed by atoms with van der Waals surface area (Å²) in [7, 11) is 0. The molecule has 2 atom stereocenters. The minimum Gasteiger partial charge on any atom is -0.458 e. The van der Waals surface area contributed by atoms with Crippen molar-refractivity contribution in [1.29, 1.82) is 0 Å². The molecular formula is C15H21NO5. The first kappa shape index (κ1) is 17.0. The van der Waals surface area contributed by atoms with Crippen LogP contribution in [0.1, 0.15) is 26.3 Å². The highest BCUT2D eigenvalue weighted by Gasteiger charge is 2.22. The first-order chi connectivity index (χ1) is 10.0. The van der Waals surface area contributed by atoms with Crippen LogP contribution in [0.15, 0.2) is 30.3 Å². The van der Waals surface area contributed by atoms with E-state index in [0.29, 0.717) is 6.61 Å². The maximum Gasteiger partial charge on any atom is 0.409 e. The summed E-state index contributed by atoms with van der Waals surface area (Å²) in [4.78, 5) is 22.7. The lowest BCUT2D eigenvalue weighted by molar-refractivity contribution is -0.154. The molecule has 0 aliphatic carbocycles. The first-order valence-electron chi connectivity index (χ1n) is 6.79. The molecule has 0 bridgehead atoms. The van der Waals surface area contributed by atoms with Gasteiger partial charge in [-0.05, 0) is 19.4 Å². The molecule has 0 heterocycles. The lowest BCUT2D eigenvalue weighted by Crippen LogP contribution is -2.45. The molecule has 21 heavy (non-hydrogen) atoms. The molecule has 0 aromatic heterocycles. The zero-order valence-electron chi connectivity index (χ0n) is 12.5. The fraction of sp³-hybridized carbons (Fsp3) is 0.467. The zero-order chi connectivity index (χ0) is 15.7. The second-order valence-corrected chi connectivity index (χ2v) is 4.40. The highest BCUT2D eigenvalue weighted by molar-refractivity contribution is 5.68. The second kappa shape index (κ2) is 8.97. The number of carbonyl (C=O) groups excluding carboxylic acids is 2. The van der Waals surface area contributed by atoms with E-state index in [-0.39, 0.29) is 6.61 Å². The third-order valence-corrected chi connectivity index (χ3v) is 2.60. The van der Waals surface area contributed by atoms with E-state index in [9.17, 15) is 9.59 Å². The van der Waals surface area contributed by atoms with Crippen LogP contribution < -0.4 is 5.32 Å². The van der Waals surface area contributed by atoms with Crippen molar-refractivity contribution in [3.63, 3.8) is 0 Å². The van der Waals surface area contributed by atoms with Gasteiger partial charge in [0.05, 0.1) is 0 Å². The number of nitrogens with one attached hydrogen (secondary N) is 1. The molecule has 0 spiro atoms. The molecular weight excluding hydrogens is 274 g/mol. The molecule has 1 rings (SSSR count). The van der Waals surface area contributed by atoms with Crippen molar-refractivity contribution >= 4 is 12.1 Å². The summed E-state index contributed by atoms with van der Waals surface area (Å²) >= 11 is 0. The van der Waals surface area contributed by atoms with Gasteiger partial charge in [0.2, 0.25) is 0 Å². The predicted octanol–water partition coefficient (Wildman–Crippen LogP) is 2.23. The van der Waals surface area contributed by atoms with Crippen LogP contribution in [0.5, 0.6) is 0 Å². The molecule has 1 amide bonds. The average molecular weight is 295 g/mol. The Kier molecular flexibility index (Phi) is 7.25. The molecule has 0 radical (unpaired) electrons. The Morgan fingerprint density at radius 1 is 1.24 bits per heavy atom. The van der Waals surface area contributed by atoms with Crippen LogP contribution in [0.3, 0.4) is 0 Å². The van der Waals surface area contributed by atoms with Crippen LogP contribution in [-0.2, 0) is 25.6 Å². The average Bonchev–Trinajstić information content (AvgIpc) is 2.45. The van der Waals surface area contributed by atoms with Crippen LogP contribution in [-0.4, -0.2) is 31.0 Å². The highest BCUT2D eigenvalue weighted by atomic mass is 16.6. The lowest BCUT2D eigenvalue weighted by Gasteiger charge is -2.24. The summed E-state index contributed by atoms with van der Waals surface area (Å²) in [5, 5.41) is 2.53. The molecule has 0 saturated carbocycles. The lowest BCUT2D eigenvalue weighted by atomic mass is 10.2. The number of benzene rings is 1. The maximum absolute atomic E-state index is 11.7. The van der Waals surface area contributed by atoms with Crippen LogP contribution in [0.4, 0.5) is 4.79 Å². The molecule has 0 aliphatic rings. The van der Waals surface area contributed by atoms with Gasteiger partial charge in [-0.15, -0.1) is 0 Å². The van der Waals surface area contributed by atoms with E-state index in [1.54, 1.807) is 13.8 Å². The van der Waals surface area contributed by atoms with E-state index >= 15 is 0 Å². The summed E-state index contributed by atoms with van der Waals surface area (Å²) in [5.74, 6) is -0.438. The normalized spacial score (nSPS) is 13.1. The van der Waals surface area contributed by atoms with Crippen molar-refractivity contribution in [2.75, 3.05) is 6.61 Å². The van der Waals surface area contributed by atoms with Gasteiger partial charge in [-0.25, -0.2) is 4.79 Å². The molecule has 0 saturated heterocycles. The monoisotopic (exact) mass is 295 g/mol. The summed E-state index contributed by atoms with van der Waals surface area (Å²) in [5.41, 5.74) is 0.883. The van der Waals surface area contributed by atoms with Gasteiger partial charge in [0, 0.05) is 13.5 Å². The number of esters is 1. The smallest absolute Gasteiger partial charge is 0.409 e. The standard InChI is InChI=1S/C15H21NO5/c1-4-19-14(11(2)21-12(3)17)16-15(18)20-10-13-8-6-5-7-9-13/h5-9,11,14H,4,10H2,1-3H3,(H,16,18). The third-order valence-electron chi connectivity index (χ3n) is 2.60. The first-order valence-corrected chi connectivity index (χ1v) is 6.79. The van der Waals surface area contributed by atoms with E-state index in [0.717, 1.165) is 5.56 Å². The summed E-state index contributed by atoms with van der Waals surface area (Å²) < 4.78 is 15.4. The Morgan fingerprint density at radius 3 is 2.48 bits per heavy atom. The predicted molar refractivity (Wildman–Crippen MR) is 76.4 cm³/mol. The fourth-order valence-electron chi connectivity index (χ4n) is 1.68. The Labute approximate surface area is 124 Å². The van der Waals surface area contributed by atoms with Crippen molar-refractivity contribution in [2.24, 2.45) is 0 Å². The van der Waals surface area contributed by atoms with Gasteiger partial charge in [0.1, 0.15) is 12.7 Å². The van der Waals surface area contributed by atoms with E-state index in [1.165, 1.54) is 6.92 Å². The minimum atomic E-state index is -0.748. The van der Waals surface area contributed by atoms with Gasteiger partial charge in [0.15, 0.2) is 6.23 Å². The van der Waals surface area contributed by atoms with Crippen LogP contribution in [0.2, 0.25) is 0 Å². The Balaban J connectivity index is 2.46. The quantitative estimate of drug-likeness (QED) is 0.617. The van der Waals surface area contributed by atoms with E-state index < -0.39 is 24.4 Å². The molecule has 0 fully saturated rings. The van der Waals surface area contributed by atoms with Crippen molar-refractivity contribution < 1.29 is 23.8 Å². The van der Waals surface area contributed by atoms with Crippen molar-refractivity contribution in [2.45, 2.75) is 39.7 Å². The second-order valence-electron chi connectivity index (χ2n) is 4.40. The summed E-state index contributed by atoms with van der Waals surface area (Å²) in [6.07, 6.45) is -1.98. The van der Waals surface area contributed by atoms with Crippen LogP contribution in [0.25, 0.3) is 0 Å². The van der Waals surface area contributed by atoms with Crippen molar-refractivity contribution in [1.82, 2.24) is 5.32 Å². The van der Waals surface area contributed by atoms with Gasteiger partial charge in [-0.3, -0.25) is 10.1 Å². The highest BCUT2D eigenvalue weighted by Crippen LogP contribution is 2.04. The minimum absolute atomic E-state index is 0.160. The summed E-state index contributed by atoms with van der Waals surface area (Å²) in [6, 6.07) is 9.32. The third kappa shape index (κ3) is 6.76. The number of hydrogen-bond acceptors (Lipinski definition) is 5. The number of ether oxygens (including phenoxy) is 3. The number of hydrogen-bond donors (Lipinski definition) is 1. The van der Waals surface area contributed by atoms with E-state index in [1.807, 2.05) is 30.3 Å². The van der Waals surface area contributed by atoms with Gasteiger partial charge in [-0.2, -0.15) is 0 Å². The molecule has 1 aromatic carbocycles. The van der Waals surface area contributed by atoms with Crippen LogP contribution >= 0.6 is 0 Å². The Hall–Kier alpha value is -2.08. The van der Waals surface area contributed by atoms with Crippen LogP contribution in [0, 0.1) is 0 Å². The number of alkyl carbamates (subject to hydrolysis) is 1.